The molecule has 0 saturated heterocycles. The maximum atomic E-state index is 6.48. The van der Waals surface area contributed by atoms with Crippen molar-refractivity contribution in [3.63, 3.8) is 0 Å². The number of fused-ring (bicyclic) bond motifs is 7. The highest BCUT2D eigenvalue weighted by molar-refractivity contribution is 6.11. The first-order valence-corrected chi connectivity index (χ1v) is 16.4. The molecule has 0 amide bonds. The fourth-order valence-corrected chi connectivity index (χ4v) is 7.18. The van der Waals surface area contributed by atoms with E-state index in [0.717, 1.165) is 78.0 Å². The monoisotopic (exact) mass is 628 g/mol. The minimum Gasteiger partial charge on any atom is -0.454 e. The second-order valence-corrected chi connectivity index (χ2v) is 12.3. The molecule has 0 N–H and O–H groups in total. The van der Waals surface area contributed by atoms with E-state index in [9.17, 15) is 0 Å². The van der Waals surface area contributed by atoms with Gasteiger partial charge in [0.1, 0.15) is 11.4 Å². The maximum Gasteiger partial charge on any atom is 0.161 e. The Morgan fingerprint density at radius 2 is 1.24 bits per heavy atom. The van der Waals surface area contributed by atoms with Gasteiger partial charge >= 0.3 is 0 Å². The number of hydrogen-bond acceptors (Lipinski definition) is 4. The van der Waals surface area contributed by atoms with E-state index in [4.69, 9.17) is 9.40 Å². The van der Waals surface area contributed by atoms with Gasteiger partial charge in [0.2, 0.25) is 0 Å². The van der Waals surface area contributed by atoms with Crippen LogP contribution < -0.4 is 4.90 Å². The van der Waals surface area contributed by atoms with Gasteiger partial charge < -0.3 is 9.32 Å². The summed E-state index contributed by atoms with van der Waals surface area (Å²) in [6, 6.07) is 57.3. The Balaban J connectivity index is 1.09. The third-order valence-electron chi connectivity index (χ3n) is 9.45. The van der Waals surface area contributed by atoms with Gasteiger partial charge in [-0.1, -0.05) is 84.9 Å². The number of para-hydroxylation sites is 4. The van der Waals surface area contributed by atoms with Crippen LogP contribution in [0.3, 0.4) is 0 Å². The fourth-order valence-electron chi connectivity index (χ4n) is 7.18. The molecule has 0 spiro atoms. The van der Waals surface area contributed by atoms with Crippen molar-refractivity contribution in [2.45, 2.75) is 0 Å². The van der Waals surface area contributed by atoms with E-state index in [0.29, 0.717) is 0 Å². The van der Waals surface area contributed by atoms with Gasteiger partial charge in [0.15, 0.2) is 11.2 Å². The zero-order chi connectivity index (χ0) is 32.3. The largest absolute Gasteiger partial charge is 0.454 e. The van der Waals surface area contributed by atoms with Crippen LogP contribution in [0.2, 0.25) is 0 Å². The lowest BCUT2D eigenvalue weighted by atomic mass is 10.0. The van der Waals surface area contributed by atoms with Crippen LogP contribution in [0, 0.1) is 0 Å². The summed E-state index contributed by atoms with van der Waals surface area (Å²) in [5.74, 6) is 0.856. The Kier molecular flexibility index (Phi) is 6.11. The van der Waals surface area contributed by atoms with Crippen LogP contribution in [0.25, 0.3) is 71.7 Å². The molecule has 10 aromatic rings. The Labute approximate surface area is 281 Å². The van der Waals surface area contributed by atoms with Crippen molar-refractivity contribution < 1.29 is 4.42 Å². The van der Waals surface area contributed by atoms with Crippen LogP contribution in [0.5, 0.6) is 0 Å². The summed E-state index contributed by atoms with van der Waals surface area (Å²) < 4.78 is 8.72. The van der Waals surface area contributed by atoms with Gasteiger partial charge in [-0.15, -0.1) is 0 Å². The molecule has 5 heteroatoms. The van der Waals surface area contributed by atoms with E-state index in [1.165, 1.54) is 10.8 Å². The zero-order valence-corrected chi connectivity index (χ0v) is 26.4. The van der Waals surface area contributed by atoms with Gasteiger partial charge in [0.05, 0.1) is 16.7 Å². The molecule has 230 valence electrons. The Morgan fingerprint density at radius 1 is 0.510 bits per heavy atom. The third-order valence-corrected chi connectivity index (χ3v) is 9.45. The summed E-state index contributed by atoms with van der Waals surface area (Å²) in [5.41, 5.74) is 10.1. The summed E-state index contributed by atoms with van der Waals surface area (Å²) in [5, 5.41) is 5.62. The fraction of sp³-hybridized carbons (Fsp3) is 0. The lowest BCUT2D eigenvalue weighted by molar-refractivity contribution is 0.669. The molecule has 5 nitrogen and oxygen atoms in total. The second-order valence-electron chi connectivity index (χ2n) is 12.3. The molecule has 0 fully saturated rings. The second kappa shape index (κ2) is 10.9. The number of aromatic nitrogens is 3. The number of hydrogen-bond donors (Lipinski definition) is 0. The quantitative estimate of drug-likeness (QED) is 0.190. The van der Waals surface area contributed by atoms with Crippen LogP contribution in [0.15, 0.2) is 174 Å². The number of pyridine rings is 2. The van der Waals surface area contributed by atoms with Crippen LogP contribution in [0.4, 0.5) is 17.1 Å². The summed E-state index contributed by atoms with van der Waals surface area (Å²) in [4.78, 5) is 11.7. The molecule has 0 aliphatic rings. The maximum absolute atomic E-state index is 6.48. The molecule has 0 unspecified atom stereocenters. The first-order chi connectivity index (χ1) is 24.3. The summed E-state index contributed by atoms with van der Waals surface area (Å²) in [7, 11) is 0. The van der Waals surface area contributed by atoms with Crippen LogP contribution in [-0.4, -0.2) is 14.5 Å². The molecule has 0 aliphatic carbocycles. The van der Waals surface area contributed by atoms with E-state index < -0.39 is 0 Å². The van der Waals surface area contributed by atoms with Gasteiger partial charge in [-0.3, -0.25) is 4.57 Å². The van der Waals surface area contributed by atoms with Crippen molar-refractivity contribution >= 4 is 71.8 Å². The van der Waals surface area contributed by atoms with Crippen LogP contribution >= 0.6 is 0 Å². The Morgan fingerprint density at radius 3 is 2.14 bits per heavy atom. The summed E-state index contributed by atoms with van der Waals surface area (Å²) in [6.45, 7) is 0. The molecule has 0 radical (unpaired) electrons. The zero-order valence-electron chi connectivity index (χ0n) is 26.4. The SMILES string of the molecule is c1ccc(N(c2ccc(-c3ccc4c(c3)c3ccccc3n4-c3ccc4cccnc4n3)cc2)c2cccc3c2oc2ccccc23)cc1. The third kappa shape index (κ3) is 4.40. The number of rotatable bonds is 5. The smallest absolute Gasteiger partial charge is 0.161 e. The summed E-state index contributed by atoms with van der Waals surface area (Å²) >= 11 is 0. The van der Waals surface area contributed by atoms with E-state index in [2.05, 4.69) is 148 Å². The van der Waals surface area contributed by atoms with Crippen molar-refractivity contribution in [3.8, 4) is 16.9 Å². The minimum atomic E-state index is 0.740. The van der Waals surface area contributed by atoms with Crippen LogP contribution in [-0.2, 0) is 0 Å². The molecular formula is C44H28N4O. The number of benzene rings is 6. The molecule has 49 heavy (non-hydrogen) atoms. The Hall–Kier alpha value is -6.72. The normalized spacial score (nSPS) is 11.7. The Bertz CT molecular complexity index is 2830. The van der Waals surface area contributed by atoms with E-state index in [1.54, 1.807) is 6.20 Å². The van der Waals surface area contributed by atoms with Crippen molar-refractivity contribution in [2.75, 3.05) is 4.90 Å². The standard InChI is InChI=1S/C44H28N4O/c1-2-11-32(12-3-1)47(40-17-8-15-36-35-14-5-7-18-41(35)49-43(36)40)33-23-19-29(20-24-33)31-21-25-39-37(28-31)34-13-4-6-16-38(34)48(39)42-26-22-30-10-9-27-45-44(30)46-42/h1-28H. The minimum absolute atomic E-state index is 0.740. The number of anilines is 3. The van der Waals surface area contributed by atoms with Gasteiger partial charge in [0.25, 0.3) is 0 Å². The topological polar surface area (TPSA) is 47.1 Å². The molecule has 4 heterocycles. The van der Waals surface area contributed by atoms with Gasteiger partial charge in [-0.25, -0.2) is 9.97 Å². The highest BCUT2D eigenvalue weighted by Gasteiger charge is 2.20. The number of furan rings is 1. The first kappa shape index (κ1) is 27.4. The summed E-state index contributed by atoms with van der Waals surface area (Å²) in [6.07, 6.45) is 1.79. The average molecular weight is 629 g/mol. The van der Waals surface area contributed by atoms with Crippen molar-refractivity contribution in [1.29, 1.82) is 0 Å². The molecule has 0 bridgehead atoms. The number of nitrogens with zero attached hydrogens (tertiary/aromatic N) is 4. The van der Waals surface area contributed by atoms with E-state index in [1.807, 2.05) is 30.3 Å². The molecule has 4 aromatic heterocycles. The predicted molar refractivity (Wildman–Crippen MR) is 201 cm³/mol. The predicted octanol–water partition coefficient (Wildman–Crippen LogP) is 11.8. The molecule has 0 atom stereocenters. The van der Waals surface area contributed by atoms with Gasteiger partial charge in [0, 0.05) is 44.5 Å². The van der Waals surface area contributed by atoms with E-state index >= 15 is 0 Å². The lowest BCUT2D eigenvalue weighted by Gasteiger charge is -2.25. The average Bonchev–Trinajstić information content (AvgIpc) is 3.72. The van der Waals surface area contributed by atoms with E-state index in [-0.39, 0.29) is 0 Å². The van der Waals surface area contributed by atoms with Crippen molar-refractivity contribution in [3.05, 3.63) is 170 Å². The van der Waals surface area contributed by atoms with Gasteiger partial charge in [-0.05, 0) is 90.0 Å². The highest BCUT2D eigenvalue weighted by Crippen LogP contribution is 2.42. The molecule has 0 aliphatic heterocycles. The van der Waals surface area contributed by atoms with Crippen molar-refractivity contribution in [1.82, 2.24) is 14.5 Å². The lowest BCUT2D eigenvalue weighted by Crippen LogP contribution is -2.10. The molecule has 0 saturated carbocycles. The van der Waals surface area contributed by atoms with Crippen LogP contribution in [0.1, 0.15) is 0 Å². The molecule has 10 rings (SSSR count). The highest BCUT2D eigenvalue weighted by atomic mass is 16.3. The van der Waals surface area contributed by atoms with Gasteiger partial charge in [-0.2, -0.15) is 0 Å². The molecule has 6 aromatic carbocycles. The van der Waals surface area contributed by atoms with Crippen molar-refractivity contribution in [2.24, 2.45) is 0 Å². The molecular weight excluding hydrogens is 601 g/mol. The first-order valence-electron chi connectivity index (χ1n) is 16.4.